The highest BCUT2D eigenvalue weighted by Gasteiger charge is 2.35. The maximum absolute atomic E-state index is 12.4. The number of nitrogens with one attached hydrogen (secondary N) is 1. The number of anilines is 1. The molecule has 1 aromatic heterocycles. The van der Waals surface area contributed by atoms with Gasteiger partial charge in [0.1, 0.15) is 10.3 Å². The van der Waals surface area contributed by atoms with E-state index in [0.29, 0.717) is 13.0 Å². The topological polar surface area (TPSA) is 66.5 Å². The van der Waals surface area contributed by atoms with Gasteiger partial charge in [0.2, 0.25) is 5.91 Å². The molecule has 1 aromatic carbocycles. The zero-order valence-corrected chi connectivity index (χ0v) is 14.6. The number of nitrogens with zero attached hydrogens (tertiary/aromatic N) is 1. The monoisotopic (exact) mass is 400 g/mol. The molecule has 0 radical (unpaired) electrons. The second-order valence-corrected chi connectivity index (χ2v) is 9.25. The molecule has 1 fully saturated rings. The summed E-state index contributed by atoms with van der Waals surface area (Å²) in [4.78, 5) is 14.0. The molecule has 0 aliphatic carbocycles. The quantitative estimate of drug-likeness (QED) is 0.857. The molecule has 1 aliphatic rings. The fourth-order valence-electron chi connectivity index (χ4n) is 2.34. The van der Waals surface area contributed by atoms with Crippen LogP contribution in [-0.4, -0.2) is 26.9 Å². The smallest absolute Gasteiger partial charge is 0.250 e. The van der Waals surface area contributed by atoms with Gasteiger partial charge in [-0.1, -0.05) is 18.2 Å². The van der Waals surface area contributed by atoms with Crippen molar-refractivity contribution in [2.45, 2.75) is 16.7 Å². The number of carbonyl (C=O) groups is 1. The molecule has 1 amide bonds. The lowest BCUT2D eigenvalue weighted by molar-refractivity contribution is -0.118. The van der Waals surface area contributed by atoms with Crippen molar-refractivity contribution in [1.29, 1.82) is 0 Å². The fraction of sp³-hybridized carbons (Fsp3) is 0.214. The molecule has 0 bridgehead atoms. The van der Waals surface area contributed by atoms with Gasteiger partial charge < -0.3 is 4.90 Å². The summed E-state index contributed by atoms with van der Waals surface area (Å²) >= 11 is 4.36. The van der Waals surface area contributed by atoms with Gasteiger partial charge >= 0.3 is 0 Å². The summed E-state index contributed by atoms with van der Waals surface area (Å²) in [6, 6.07) is 11.7. The summed E-state index contributed by atoms with van der Waals surface area (Å²) in [5, 5.41) is 0. The van der Waals surface area contributed by atoms with E-state index in [2.05, 4.69) is 20.7 Å². The second kappa shape index (κ2) is 6.11. The molecule has 3 rings (SSSR count). The van der Waals surface area contributed by atoms with Crippen molar-refractivity contribution in [3.05, 3.63) is 46.3 Å². The lowest BCUT2D eigenvalue weighted by atomic mass is 10.3. The van der Waals surface area contributed by atoms with Crippen molar-refractivity contribution in [3.8, 4) is 0 Å². The van der Waals surface area contributed by atoms with Gasteiger partial charge in [-0.3, -0.25) is 4.79 Å². The minimum absolute atomic E-state index is 0.199. The van der Waals surface area contributed by atoms with Crippen molar-refractivity contribution in [3.63, 3.8) is 0 Å². The minimum Gasteiger partial charge on any atom is -0.311 e. The van der Waals surface area contributed by atoms with Crippen LogP contribution in [0.2, 0.25) is 0 Å². The third kappa shape index (κ3) is 3.10. The number of sulfonamides is 1. The number of benzene rings is 1. The Morgan fingerprint density at radius 2 is 1.91 bits per heavy atom. The average molecular weight is 401 g/mol. The number of para-hydroxylation sites is 1. The Bertz CT molecular complexity index is 789. The van der Waals surface area contributed by atoms with Crippen molar-refractivity contribution in [2.75, 3.05) is 11.4 Å². The van der Waals surface area contributed by atoms with Gasteiger partial charge in [-0.05, 0) is 46.6 Å². The van der Waals surface area contributed by atoms with E-state index in [1.165, 1.54) is 6.07 Å². The van der Waals surface area contributed by atoms with Crippen molar-refractivity contribution in [2.24, 2.45) is 0 Å². The first-order valence-electron chi connectivity index (χ1n) is 6.61. The van der Waals surface area contributed by atoms with Crippen LogP contribution in [0.15, 0.2) is 50.5 Å². The highest BCUT2D eigenvalue weighted by atomic mass is 79.9. The third-order valence-electron chi connectivity index (χ3n) is 3.38. The summed E-state index contributed by atoms with van der Waals surface area (Å²) in [5.41, 5.74) is 0.785. The summed E-state index contributed by atoms with van der Waals surface area (Å²) in [5.74, 6) is -0.217. The van der Waals surface area contributed by atoms with E-state index in [1.807, 2.05) is 30.3 Å². The zero-order valence-electron chi connectivity index (χ0n) is 11.4. The maximum atomic E-state index is 12.4. The van der Waals surface area contributed by atoms with Crippen LogP contribution < -0.4 is 9.62 Å². The van der Waals surface area contributed by atoms with E-state index >= 15 is 0 Å². The predicted molar refractivity (Wildman–Crippen MR) is 89.5 cm³/mol. The van der Waals surface area contributed by atoms with E-state index in [-0.39, 0.29) is 10.1 Å². The van der Waals surface area contributed by atoms with Gasteiger partial charge in [0.25, 0.3) is 10.0 Å². The van der Waals surface area contributed by atoms with Crippen molar-refractivity contribution >= 4 is 48.9 Å². The third-order valence-corrected chi connectivity index (χ3v) is 6.97. The van der Waals surface area contributed by atoms with Gasteiger partial charge in [-0.15, -0.1) is 11.3 Å². The fourth-order valence-corrected chi connectivity index (χ4v) is 5.59. The first-order valence-corrected chi connectivity index (χ1v) is 9.71. The number of rotatable bonds is 4. The maximum Gasteiger partial charge on any atom is 0.250 e. The van der Waals surface area contributed by atoms with Crippen LogP contribution in [0.5, 0.6) is 0 Å². The van der Waals surface area contributed by atoms with Gasteiger partial charge in [0, 0.05) is 12.2 Å². The lowest BCUT2D eigenvalue weighted by Gasteiger charge is -2.17. The van der Waals surface area contributed by atoms with Gasteiger partial charge in [0.05, 0.1) is 3.79 Å². The Kier molecular flexibility index (Phi) is 4.35. The van der Waals surface area contributed by atoms with E-state index in [1.54, 1.807) is 11.0 Å². The normalized spacial score (nSPS) is 18.9. The largest absolute Gasteiger partial charge is 0.311 e. The molecule has 8 heteroatoms. The molecule has 2 heterocycles. The van der Waals surface area contributed by atoms with Crippen LogP contribution in [0.1, 0.15) is 6.42 Å². The molecule has 1 aliphatic heterocycles. The molecule has 5 nitrogen and oxygen atoms in total. The van der Waals surface area contributed by atoms with Gasteiger partial charge in [0.15, 0.2) is 0 Å². The van der Waals surface area contributed by atoms with E-state index < -0.39 is 16.1 Å². The van der Waals surface area contributed by atoms with Gasteiger partial charge in [-0.25, -0.2) is 8.42 Å². The van der Waals surface area contributed by atoms with Crippen molar-refractivity contribution < 1.29 is 13.2 Å². The van der Waals surface area contributed by atoms with Crippen molar-refractivity contribution in [1.82, 2.24) is 4.72 Å². The van der Waals surface area contributed by atoms with Gasteiger partial charge in [-0.2, -0.15) is 4.72 Å². The highest BCUT2D eigenvalue weighted by Crippen LogP contribution is 2.27. The standard InChI is InChI=1S/C14H13BrN2O3S2/c15-12-6-7-13(21-12)22(19,20)16-11-8-9-17(14(11)18)10-4-2-1-3-5-10/h1-7,11,16H,8-9H2/t11-/m0/s1. The Morgan fingerprint density at radius 1 is 1.18 bits per heavy atom. The van der Waals surface area contributed by atoms with Crippen LogP contribution in [0.3, 0.4) is 0 Å². The molecular weight excluding hydrogens is 388 g/mol. The first-order chi connectivity index (χ1) is 10.5. The molecule has 0 unspecified atom stereocenters. The molecule has 22 heavy (non-hydrogen) atoms. The SMILES string of the molecule is O=C1[C@@H](NS(=O)(=O)c2ccc(Br)s2)CCN1c1ccccc1. The Hall–Kier alpha value is -1.22. The van der Waals surface area contributed by atoms with Crippen LogP contribution >= 0.6 is 27.3 Å². The summed E-state index contributed by atoms with van der Waals surface area (Å²) in [6.07, 6.45) is 0.458. The average Bonchev–Trinajstić information content (AvgIpc) is 3.08. The molecule has 1 atom stereocenters. The summed E-state index contributed by atoms with van der Waals surface area (Å²) in [7, 11) is -3.67. The molecule has 2 aromatic rings. The predicted octanol–water partition coefficient (Wildman–Crippen LogP) is 2.59. The Morgan fingerprint density at radius 3 is 2.55 bits per heavy atom. The Labute approximate surface area is 141 Å². The zero-order chi connectivity index (χ0) is 15.7. The second-order valence-electron chi connectivity index (χ2n) is 4.85. The molecule has 1 saturated heterocycles. The molecule has 116 valence electrons. The lowest BCUT2D eigenvalue weighted by Crippen LogP contribution is -2.41. The minimum atomic E-state index is -3.67. The first kappa shape index (κ1) is 15.7. The number of amides is 1. The molecule has 0 saturated carbocycles. The number of halogens is 1. The number of hydrogen-bond acceptors (Lipinski definition) is 4. The number of thiophene rings is 1. The van der Waals surface area contributed by atoms with Crippen LogP contribution in [-0.2, 0) is 14.8 Å². The number of hydrogen-bond donors (Lipinski definition) is 1. The highest BCUT2D eigenvalue weighted by molar-refractivity contribution is 9.11. The molecular formula is C14H13BrN2O3S2. The van der Waals surface area contributed by atoms with Crippen LogP contribution in [0.4, 0.5) is 5.69 Å². The van der Waals surface area contributed by atoms with Crippen LogP contribution in [0.25, 0.3) is 0 Å². The van der Waals surface area contributed by atoms with E-state index in [0.717, 1.165) is 20.8 Å². The van der Waals surface area contributed by atoms with E-state index in [4.69, 9.17) is 0 Å². The summed E-state index contributed by atoms with van der Waals surface area (Å²) in [6.45, 7) is 0.504. The van der Waals surface area contributed by atoms with Crippen LogP contribution in [0, 0.1) is 0 Å². The molecule has 0 spiro atoms. The number of carbonyl (C=O) groups excluding carboxylic acids is 1. The summed E-state index contributed by atoms with van der Waals surface area (Å²) < 4.78 is 28.0. The van der Waals surface area contributed by atoms with E-state index in [9.17, 15) is 13.2 Å². The molecule has 1 N–H and O–H groups in total. The Balaban J connectivity index is 1.76.